The number of pyridine rings is 1. The van der Waals surface area contributed by atoms with Crippen molar-refractivity contribution in [3.8, 4) is 0 Å². The third kappa shape index (κ3) is 6.52. The van der Waals surface area contributed by atoms with E-state index in [9.17, 15) is 13.2 Å². The smallest absolute Gasteiger partial charge is 0.475 e. The standard InChI is InChI=1S/C21H29N7O.C2HF3O2/c1-2-27-14-17(12-22-27)13-25-7-3-4-18(15-25)21-23-20-6-5-19(16-28(20)24-21)26-8-10-29-11-9-26;3-2(4,5)1(6)7/h5-6,12,14,16,18H,2-4,7-11,13,15H2,1H3;(H,6,7). The zero-order chi connectivity index (χ0) is 25.7. The number of carboxylic acids is 1. The quantitative estimate of drug-likeness (QED) is 0.561. The van der Waals surface area contributed by atoms with Crippen molar-refractivity contribution in [2.24, 2.45) is 0 Å². The van der Waals surface area contributed by atoms with Gasteiger partial charge in [0.1, 0.15) is 0 Å². The van der Waals surface area contributed by atoms with Gasteiger partial charge in [0.15, 0.2) is 11.5 Å². The first-order valence-electron chi connectivity index (χ1n) is 12.0. The Balaban J connectivity index is 0.000000384. The Labute approximate surface area is 206 Å². The van der Waals surface area contributed by atoms with Crippen LogP contribution in [0.2, 0.25) is 0 Å². The number of halogens is 3. The van der Waals surface area contributed by atoms with Gasteiger partial charge in [-0.3, -0.25) is 9.58 Å². The van der Waals surface area contributed by atoms with Crippen molar-refractivity contribution >= 4 is 17.3 Å². The van der Waals surface area contributed by atoms with Gasteiger partial charge >= 0.3 is 12.1 Å². The summed E-state index contributed by atoms with van der Waals surface area (Å²) in [6.45, 7) is 9.55. The number of likely N-dealkylation sites (tertiary alicyclic amines) is 1. The molecule has 2 saturated heterocycles. The summed E-state index contributed by atoms with van der Waals surface area (Å²) in [5.74, 6) is -1.40. The van der Waals surface area contributed by atoms with Crippen LogP contribution >= 0.6 is 0 Å². The Morgan fingerprint density at radius 2 is 1.94 bits per heavy atom. The van der Waals surface area contributed by atoms with Crippen LogP contribution in [0.1, 0.15) is 37.1 Å². The van der Waals surface area contributed by atoms with Crippen molar-refractivity contribution in [2.75, 3.05) is 44.3 Å². The van der Waals surface area contributed by atoms with Crippen molar-refractivity contribution in [2.45, 2.75) is 44.9 Å². The van der Waals surface area contributed by atoms with E-state index in [0.29, 0.717) is 5.92 Å². The van der Waals surface area contributed by atoms with E-state index in [0.717, 1.165) is 70.4 Å². The van der Waals surface area contributed by atoms with E-state index in [1.807, 2.05) is 15.4 Å². The number of aliphatic carboxylic acids is 1. The number of aromatic nitrogens is 5. The first-order chi connectivity index (χ1) is 17.2. The minimum Gasteiger partial charge on any atom is -0.475 e. The SMILES string of the molecule is CCn1cc(CN2CCCC(c3nc4ccc(N5CCOCC5)cn4n3)C2)cn1.O=C(O)C(F)(F)F. The lowest BCUT2D eigenvalue weighted by molar-refractivity contribution is -0.192. The molecule has 13 heteroatoms. The van der Waals surface area contributed by atoms with Crippen LogP contribution in [0.15, 0.2) is 30.7 Å². The third-order valence-electron chi connectivity index (χ3n) is 6.24. The fourth-order valence-electron chi connectivity index (χ4n) is 4.40. The lowest BCUT2D eigenvalue weighted by Gasteiger charge is -2.30. The largest absolute Gasteiger partial charge is 0.490 e. The summed E-state index contributed by atoms with van der Waals surface area (Å²) in [5, 5.41) is 16.4. The number of alkyl halides is 3. The maximum atomic E-state index is 10.6. The molecule has 0 bridgehead atoms. The molecule has 2 aliphatic heterocycles. The van der Waals surface area contributed by atoms with Gasteiger partial charge in [-0.2, -0.15) is 23.4 Å². The van der Waals surface area contributed by atoms with Gasteiger partial charge in [-0.15, -0.1) is 0 Å². The highest BCUT2D eigenvalue weighted by atomic mass is 19.4. The molecule has 0 aromatic carbocycles. The molecule has 196 valence electrons. The second kappa shape index (κ2) is 11.2. The maximum Gasteiger partial charge on any atom is 0.490 e. The molecule has 0 spiro atoms. The monoisotopic (exact) mass is 509 g/mol. The Morgan fingerprint density at radius 1 is 1.19 bits per heavy atom. The number of ether oxygens (including phenoxy) is 1. The Kier molecular flexibility index (Phi) is 8.09. The number of fused-ring (bicyclic) bond motifs is 1. The molecule has 1 unspecified atom stereocenters. The van der Waals surface area contributed by atoms with Crippen LogP contribution in [-0.4, -0.2) is 85.9 Å². The van der Waals surface area contributed by atoms with Crippen molar-refractivity contribution in [3.63, 3.8) is 0 Å². The molecule has 10 nitrogen and oxygen atoms in total. The molecular weight excluding hydrogens is 479 g/mol. The summed E-state index contributed by atoms with van der Waals surface area (Å²) in [6, 6.07) is 4.23. The molecule has 5 rings (SSSR count). The number of rotatable bonds is 5. The van der Waals surface area contributed by atoms with Crippen LogP contribution in [0.4, 0.5) is 18.9 Å². The lowest BCUT2D eigenvalue weighted by Crippen LogP contribution is -2.36. The Morgan fingerprint density at radius 3 is 2.61 bits per heavy atom. The van der Waals surface area contributed by atoms with Crippen LogP contribution in [0, 0.1) is 0 Å². The molecular formula is C23H30F3N7O3. The normalized spacial score (nSPS) is 19.2. The van der Waals surface area contributed by atoms with Gasteiger partial charge < -0.3 is 14.7 Å². The molecule has 0 saturated carbocycles. The number of hydrogen-bond donors (Lipinski definition) is 1. The number of morpholine rings is 1. The molecule has 5 heterocycles. The van der Waals surface area contributed by atoms with Crippen LogP contribution in [0.3, 0.4) is 0 Å². The average Bonchev–Trinajstić information content (AvgIpc) is 3.51. The summed E-state index contributed by atoms with van der Waals surface area (Å²) >= 11 is 0. The fraction of sp³-hybridized carbons (Fsp3) is 0.565. The highest BCUT2D eigenvalue weighted by Crippen LogP contribution is 2.27. The maximum absolute atomic E-state index is 10.6. The summed E-state index contributed by atoms with van der Waals surface area (Å²) in [4.78, 5) is 18.6. The first-order valence-corrected chi connectivity index (χ1v) is 12.0. The molecule has 0 amide bonds. The van der Waals surface area contributed by atoms with Gasteiger partial charge in [-0.05, 0) is 38.4 Å². The molecule has 3 aromatic heterocycles. The van der Waals surface area contributed by atoms with Crippen molar-refractivity contribution < 1.29 is 27.8 Å². The fourth-order valence-corrected chi connectivity index (χ4v) is 4.40. The third-order valence-corrected chi connectivity index (χ3v) is 6.24. The van der Waals surface area contributed by atoms with Gasteiger partial charge in [-0.25, -0.2) is 14.3 Å². The van der Waals surface area contributed by atoms with E-state index < -0.39 is 12.1 Å². The predicted octanol–water partition coefficient (Wildman–Crippen LogP) is 2.80. The molecule has 3 aromatic rings. The zero-order valence-electron chi connectivity index (χ0n) is 20.1. The number of carbonyl (C=O) groups is 1. The minimum atomic E-state index is -5.08. The van der Waals surface area contributed by atoms with Crippen molar-refractivity contribution in [1.82, 2.24) is 29.3 Å². The van der Waals surface area contributed by atoms with E-state index in [1.54, 1.807) is 0 Å². The summed E-state index contributed by atoms with van der Waals surface area (Å²) in [6.07, 6.45) is 3.50. The van der Waals surface area contributed by atoms with E-state index in [4.69, 9.17) is 24.7 Å². The van der Waals surface area contributed by atoms with E-state index in [1.165, 1.54) is 17.7 Å². The minimum absolute atomic E-state index is 0.386. The van der Waals surface area contributed by atoms with E-state index in [2.05, 4.69) is 46.3 Å². The topological polar surface area (TPSA) is 101 Å². The van der Waals surface area contributed by atoms with Crippen LogP contribution in [0.5, 0.6) is 0 Å². The Bertz CT molecular complexity index is 1160. The number of anilines is 1. The van der Waals surface area contributed by atoms with E-state index in [-0.39, 0.29) is 0 Å². The molecule has 0 radical (unpaired) electrons. The van der Waals surface area contributed by atoms with E-state index >= 15 is 0 Å². The summed E-state index contributed by atoms with van der Waals surface area (Å²) in [5.41, 5.74) is 3.40. The number of nitrogens with zero attached hydrogens (tertiary/aromatic N) is 7. The van der Waals surface area contributed by atoms with Gasteiger partial charge in [-0.1, -0.05) is 0 Å². The number of hydrogen-bond acceptors (Lipinski definition) is 7. The summed E-state index contributed by atoms with van der Waals surface area (Å²) < 4.78 is 41.1. The van der Waals surface area contributed by atoms with Gasteiger partial charge in [0, 0.05) is 50.4 Å². The van der Waals surface area contributed by atoms with Crippen LogP contribution < -0.4 is 4.90 Å². The lowest BCUT2D eigenvalue weighted by atomic mass is 9.97. The molecule has 1 N–H and O–H groups in total. The molecule has 2 fully saturated rings. The predicted molar refractivity (Wildman–Crippen MR) is 125 cm³/mol. The molecule has 2 aliphatic rings. The second-order valence-electron chi connectivity index (χ2n) is 8.84. The van der Waals surface area contributed by atoms with Crippen molar-refractivity contribution in [3.05, 3.63) is 42.1 Å². The molecule has 0 aliphatic carbocycles. The molecule has 1 atom stereocenters. The van der Waals surface area contributed by atoms with Crippen LogP contribution in [-0.2, 0) is 22.6 Å². The highest BCUT2D eigenvalue weighted by molar-refractivity contribution is 5.73. The number of piperidine rings is 1. The zero-order valence-corrected chi connectivity index (χ0v) is 20.1. The molecule has 36 heavy (non-hydrogen) atoms. The van der Waals surface area contributed by atoms with Gasteiger partial charge in [0.2, 0.25) is 0 Å². The van der Waals surface area contributed by atoms with Crippen LogP contribution in [0.25, 0.3) is 5.65 Å². The highest BCUT2D eigenvalue weighted by Gasteiger charge is 2.38. The van der Waals surface area contributed by atoms with Gasteiger partial charge in [0.25, 0.3) is 0 Å². The average molecular weight is 510 g/mol. The number of aryl methyl sites for hydroxylation is 1. The Hall–Kier alpha value is -3.19. The summed E-state index contributed by atoms with van der Waals surface area (Å²) in [7, 11) is 0. The number of carboxylic acid groups (broad SMARTS) is 1. The second-order valence-corrected chi connectivity index (χ2v) is 8.84. The van der Waals surface area contributed by atoms with Crippen molar-refractivity contribution in [1.29, 1.82) is 0 Å². The first kappa shape index (κ1) is 25.9. The van der Waals surface area contributed by atoms with Gasteiger partial charge in [0.05, 0.1) is 31.3 Å².